The van der Waals surface area contributed by atoms with Gasteiger partial charge in [0.1, 0.15) is 5.82 Å². The number of ether oxygens (including phenoxy) is 2. The van der Waals surface area contributed by atoms with Crippen molar-refractivity contribution in [1.29, 1.82) is 0 Å². The Labute approximate surface area is 122 Å². The summed E-state index contributed by atoms with van der Waals surface area (Å²) >= 11 is 0. The normalized spacial score (nSPS) is 11.8. The first-order valence-corrected chi connectivity index (χ1v) is 6.48. The van der Waals surface area contributed by atoms with Crippen LogP contribution in [-0.4, -0.2) is 38.2 Å². The molecule has 7 heteroatoms. The molecule has 0 aromatic heterocycles. The number of carbonyl (C=O) groups is 2. The highest BCUT2D eigenvalue weighted by atomic mass is 19.1. The maximum absolute atomic E-state index is 13.1. The van der Waals surface area contributed by atoms with Crippen molar-refractivity contribution in [3.8, 4) is 0 Å². The predicted molar refractivity (Wildman–Crippen MR) is 75.2 cm³/mol. The second kappa shape index (κ2) is 8.21. The van der Waals surface area contributed by atoms with E-state index in [0.717, 1.165) is 12.1 Å². The summed E-state index contributed by atoms with van der Waals surface area (Å²) in [5, 5.41) is 2.60. The van der Waals surface area contributed by atoms with Crippen LogP contribution in [0.5, 0.6) is 0 Å². The molecule has 3 N–H and O–H groups in total. The molecule has 0 aliphatic carbocycles. The molecule has 1 amide bonds. The highest BCUT2D eigenvalue weighted by molar-refractivity contribution is 5.96. The van der Waals surface area contributed by atoms with Crippen LogP contribution in [0.3, 0.4) is 0 Å². The molecule has 0 radical (unpaired) electrons. The number of rotatable bonds is 7. The van der Waals surface area contributed by atoms with Crippen molar-refractivity contribution in [3.05, 3.63) is 29.6 Å². The van der Waals surface area contributed by atoms with E-state index in [0.29, 0.717) is 19.6 Å². The Balaban J connectivity index is 2.53. The van der Waals surface area contributed by atoms with Crippen molar-refractivity contribution in [1.82, 2.24) is 5.32 Å². The molecule has 116 valence electrons. The summed E-state index contributed by atoms with van der Waals surface area (Å²) in [5.74, 6) is -1.88. The van der Waals surface area contributed by atoms with Crippen LogP contribution in [0.1, 0.15) is 23.7 Å². The topological polar surface area (TPSA) is 90.6 Å². The van der Waals surface area contributed by atoms with E-state index in [1.165, 1.54) is 13.0 Å². The van der Waals surface area contributed by atoms with Crippen molar-refractivity contribution in [2.45, 2.75) is 19.4 Å². The summed E-state index contributed by atoms with van der Waals surface area (Å²) in [7, 11) is 1.57. The molecule has 1 unspecified atom stereocenters. The van der Waals surface area contributed by atoms with E-state index in [2.05, 4.69) is 5.32 Å². The Bertz CT molecular complexity index is 508. The van der Waals surface area contributed by atoms with Gasteiger partial charge in [-0.3, -0.25) is 4.79 Å². The summed E-state index contributed by atoms with van der Waals surface area (Å²) in [5.41, 5.74) is 5.56. The first-order chi connectivity index (χ1) is 9.95. The maximum Gasteiger partial charge on any atom is 0.341 e. The monoisotopic (exact) mass is 298 g/mol. The second-order valence-corrected chi connectivity index (χ2v) is 4.42. The van der Waals surface area contributed by atoms with E-state index >= 15 is 0 Å². The Morgan fingerprint density at radius 1 is 1.43 bits per heavy atom. The van der Waals surface area contributed by atoms with E-state index in [1.54, 1.807) is 7.11 Å². The maximum atomic E-state index is 13.1. The Kier molecular flexibility index (Phi) is 6.61. The van der Waals surface area contributed by atoms with E-state index in [-0.39, 0.29) is 11.3 Å². The van der Waals surface area contributed by atoms with Crippen LogP contribution in [0.15, 0.2) is 18.2 Å². The first-order valence-electron chi connectivity index (χ1n) is 6.48. The van der Waals surface area contributed by atoms with Gasteiger partial charge in [-0.2, -0.15) is 0 Å². The number of carbonyl (C=O) groups excluding carboxylic acids is 2. The molecule has 0 aliphatic rings. The van der Waals surface area contributed by atoms with Gasteiger partial charge in [0.2, 0.25) is 0 Å². The fraction of sp³-hybridized carbons (Fsp3) is 0.429. The molecule has 21 heavy (non-hydrogen) atoms. The zero-order valence-electron chi connectivity index (χ0n) is 12.0. The number of methoxy groups -OCH3 is 1. The Hall–Kier alpha value is -2.15. The van der Waals surface area contributed by atoms with Gasteiger partial charge in [-0.25, -0.2) is 9.18 Å². The molecule has 0 heterocycles. The van der Waals surface area contributed by atoms with Gasteiger partial charge >= 0.3 is 5.97 Å². The van der Waals surface area contributed by atoms with Crippen molar-refractivity contribution in [3.63, 3.8) is 0 Å². The minimum Gasteiger partial charge on any atom is -0.449 e. The molecule has 6 nitrogen and oxygen atoms in total. The lowest BCUT2D eigenvalue weighted by Crippen LogP contribution is -2.36. The van der Waals surface area contributed by atoms with Crippen LogP contribution in [0.25, 0.3) is 0 Å². The van der Waals surface area contributed by atoms with Gasteiger partial charge in [-0.05, 0) is 31.5 Å². The molecular weight excluding hydrogens is 279 g/mol. The van der Waals surface area contributed by atoms with Crippen LogP contribution in [0.2, 0.25) is 0 Å². The fourth-order valence-corrected chi connectivity index (χ4v) is 1.55. The molecule has 1 rings (SSSR count). The highest BCUT2D eigenvalue weighted by Gasteiger charge is 2.20. The van der Waals surface area contributed by atoms with Gasteiger partial charge < -0.3 is 20.5 Å². The highest BCUT2D eigenvalue weighted by Crippen LogP contribution is 2.15. The number of anilines is 1. The molecular formula is C14H19FN2O4. The number of nitrogens with one attached hydrogen (secondary N) is 1. The van der Waals surface area contributed by atoms with Gasteiger partial charge in [0.05, 0.1) is 5.56 Å². The van der Waals surface area contributed by atoms with E-state index in [9.17, 15) is 14.0 Å². The second-order valence-electron chi connectivity index (χ2n) is 4.42. The van der Waals surface area contributed by atoms with Crippen molar-refractivity contribution in [2.24, 2.45) is 0 Å². The molecule has 0 bridgehead atoms. The number of esters is 1. The van der Waals surface area contributed by atoms with Crippen LogP contribution < -0.4 is 11.1 Å². The summed E-state index contributed by atoms with van der Waals surface area (Å²) in [6.45, 7) is 2.37. The minimum atomic E-state index is -0.997. The number of nitrogen functional groups attached to an aromatic ring is 1. The largest absolute Gasteiger partial charge is 0.449 e. The third kappa shape index (κ3) is 5.39. The number of hydrogen-bond acceptors (Lipinski definition) is 5. The van der Waals surface area contributed by atoms with Gasteiger partial charge in [0, 0.05) is 25.9 Å². The zero-order valence-corrected chi connectivity index (χ0v) is 12.0. The van der Waals surface area contributed by atoms with Gasteiger partial charge in [-0.15, -0.1) is 0 Å². The van der Waals surface area contributed by atoms with E-state index in [4.69, 9.17) is 15.2 Å². The molecule has 0 aliphatic heterocycles. The molecule has 0 fully saturated rings. The molecule has 1 aromatic rings. The van der Waals surface area contributed by atoms with E-state index < -0.39 is 23.8 Å². The van der Waals surface area contributed by atoms with Crippen LogP contribution in [0.4, 0.5) is 10.1 Å². The molecule has 0 saturated heterocycles. The van der Waals surface area contributed by atoms with Crippen LogP contribution in [-0.2, 0) is 14.3 Å². The smallest absolute Gasteiger partial charge is 0.341 e. The molecule has 1 atom stereocenters. The average molecular weight is 298 g/mol. The van der Waals surface area contributed by atoms with Gasteiger partial charge in [0.15, 0.2) is 6.10 Å². The van der Waals surface area contributed by atoms with Crippen molar-refractivity contribution >= 4 is 17.6 Å². The minimum absolute atomic E-state index is 0.0918. The molecule has 1 aromatic carbocycles. The number of halogens is 1. The summed E-state index contributed by atoms with van der Waals surface area (Å²) in [6, 6.07) is 3.38. The lowest BCUT2D eigenvalue weighted by atomic mass is 10.2. The zero-order chi connectivity index (χ0) is 15.8. The number of hydrogen-bond donors (Lipinski definition) is 2. The van der Waals surface area contributed by atoms with Gasteiger partial charge in [0.25, 0.3) is 5.91 Å². The quantitative estimate of drug-likeness (QED) is 0.447. The van der Waals surface area contributed by atoms with Crippen molar-refractivity contribution < 1.29 is 23.5 Å². The van der Waals surface area contributed by atoms with E-state index in [1.807, 2.05) is 0 Å². The summed E-state index contributed by atoms with van der Waals surface area (Å²) in [6.07, 6.45) is -0.345. The third-order valence-electron chi connectivity index (χ3n) is 2.71. The van der Waals surface area contributed by atoms with Crippen LogP contribution >= 0.6 is 0 Å². The number of benzene rings is 1. The van der Waals surface area contributed by atoms with Crippen LogP contribution in [0, 0.1) is 5.82 Å². The fourth-order valence-electron chi connectivity index (χ4n) is 1.55. The van der Waals surface area contributed by atoms with Crippen molar-refractivity contribution in [2.75, 3.05) is 26.0 Å². The molecule has 0 spiro atoms. The third-order valence-corrected chi connectivity index (χ3v) is 2.71. The summed E-state index contributed by atoms with van der Waals surface area (Å²) < 4.78 is 22.9. The number of amides is 1. The van der Waals surface area contributed by atoms with Gasteiger partial charge in [-0.1, -0.05) is 0 Å². The molecule has 0 saturated carbocycles. The Morgan fingerprint density at radius 3 is 2.81 bits per heavy atom. The standard InChI is InChI=1S/C14H19FN2O4/c1-9(13(18)17-6-3-7-20-2)21-14(19)11-8-10(15)4-5-12(11)16/h4-5,8-9H,3,6-7,16H2,1-2H3,(H,17,18). The predicted octanol–water partition coefficient (Wildman–Crippen LogP) is 1.11. The number of nitrogens with two attached hydrogens (primary N) is 1. The first kappa shape index (κ1) is 16.9. The SMILES string of the molecule is COCCCNC(=O)C(C)OC(=O)c1cc(F)ccc1N. The summed E-state index contributed by atoms with van der Waals surface area (Å²) in [4.78, 5) is 23.5. The lowest BCUT2D eigenvalue weighted by Gasteiger charge is -2.14. The average Bonchev–Trinajstić information content (AvgIpc) is 2.45. The lowest BCUT2D eigenvalue weighted by molar-refractivity contribution is -0.129. The Morgan fingerprint density at radius 2 is 2.14 bits per heavy atom.